The van der Waals surface area contributed by atoms with Crippen LogP contribution in [0.2, 0.25) is 0 Å². The number of carboxylic acids is 1. The van der Waals surface area contributed by atoms with Gasteiger partial charge >= 0.3 is 5.97 Å². The van der Waals surface area contributed by atoms with E-state index < -0.39 is 12.0 Å². The number of amides is 1. The zero-order valence-electron chi connectivity index (χ0n) is 8.35. The van der Waals surface area contributed by atoms with E-state index in [2.05, 4.69) is 0 Å². The molecule has 0 spiro atoms. The van der Waals surface area contributed by atoms with Gasteiger partial charge in [0.25, 0.3) is 0 Å². The van der Waals surface area contributed by atoms with Crippen LogP contribution in [0.5, 0.6) is 0 Å². The molecule has 2 aliphatic rings. The summed E-state index contributed by atoms with van der Waals surface area (Å²) in [6.07, 6.45) is 0. The van der Waals surface area contributed by atoms with Gasteiger partial charge in [-0.25, -0.2) is 4.79 Å². The Morgan fingerprint density at radius 3 is 2.64 bits per heavy atom. The average molecular weight is 215 g/mol. The summed E-state index contributed by atoms with van der Waals surface area (Å²) in [6.45, 7) is 5.63. The zero-order chi connectivity index (χ0) is 10.7. The van der Waals surface area contributed by atoms with Gasteiger partial charge in [-0.3, -0.25) is 4.79 Å². The minimum Gasteiger partial charge on any atom is -0.480 e. The van der Waals surface area contributed by atoms with Gasteiger partial charge in [-0.2, -0.15) is 0 Å². The second kappa shape index (κ2) is 2.66. The summed E-state index contributed by atoms with van der Waals surface area (Å²) in [7, 11) is 0. The molecule has 0 radical (unpaired) electrons. The minimum absolute atomic E-state index is 0.0244. The maximum Gasteiger partial charge on any atom is 0.327 e. The van der Waals surface area contributed by atoms with Crippen molar-refractivity contribution in [3.63, 3.8) is 0 Å². The highest BCUT2D eigenvalue weighted by atomic mass is 32.2. The number of rotatable bonds is 1. The molecule has 2 aliphatic heterocycles. The van der Waals surface area contributed by atoms with Crippen LogP contribution in [-0.4, -0.2) is 38.0 Å². The lowest BCUT2D eigenvalue weighted by Crippen LogP contribution is -2.61. The summed E-state index contributed by atoms with van der Waals surface area (Å²) in [5.41, 5.74) is 0. The molecule has 0 saturated carbocycles. The molecule has 0 aromatic heterocycles. The van der Waals surface area contributed by atoms with Crippen molar-refractivity contribution in [1.29, 1.82) is 0 Å². The zero-order valence-corrected chi connectivity index (χ0v) is 9.17. The van der Waals surface area contributed by atoms with Gasteiger partial charge in [-0.05, 0) is 13.8 Å². The second-order valence-corrected chi connectivity index (χ2v) is 6.16. The fourth-order valence-corrected chi connectivity index (χ4v) is 3.83. The van der Waals surface area contributed by atoms with E-state index in [1.54, 1.807) is 11.8 Å². The van der Waals surface area contributed by atoms with Crippen molar-refractivity contribution in [3.8, 4) is 0 Å². The number of carbonyl (C=O) groups excluding carboxylic acids is 1. The molecule has 0 bridgehead atoms. The third-order valence-corrected chi connectivity index (χ3v) is 4.65. The third kappa shape index (κ3) is 1.02. The lowest BCUT2D eigenvalue weighted by molar-refractivity contribution is -0.162. The van der Waals surface area contributed by atoms with Crippen molar-refractivity contribution in [2.45, 2.75) is 36.9 Å². The molecule has 3 unspecified atom stereocenters. The van der Waals surface area contributed by atoms with Crippen LogP contribution in [0.15, 0.2) is 0 Å². The van der Waals surface area contributed by atoms with E-state index in [0.717, 1.165) is 0 Å². The maximum atomic E-state index is 11.5. The number of thioether (sulfide) groups is 1. The standard InChI is InChI=1S/C9H13NO3S/c1-4-6(11)10-5(8(12)13)9(2,3)14-7(4)10/h4-5,7H,1-3H3,(H,12,13). The van der Waals surface area contributed by atoms with Gasteiger partial charge in [-0.1, -0.05) is 6.92 Å². The van der Waals surface area contributed by atoms with Crippen LogP contribution < -0.4 is 0 Å². The van der Waals surface area contributed by atoms with Crippen molar-refractivity contribution in [1.82, 2.24) is 4.90 Å². The maximum absolute atomic E-state index is 11.5. The molecule has 0 aliphatic carbocycles. The fourth-order valence-electron chi connectivity index (χ4n) is 2.20. The monoisotopic (exact) mass is 215 g/mol. The predicted octanol–water partition coefficient (Wildman–Crippen LogP) is 0.769. The molecule has 14 heavy (non-hydrogen) atoms. The lowest BCUT2D eigenvalue weighted by Gasteiger charge is -2.41. The van der Waals surface area contributed by atoms with Gasteiger partial charge in [0.05, 0.1) is 11.3 Å². The van der Waals surface area contributed by atoms with E-state index in [0.29, 0.717) is 0 Å². The molecular formula is C9H13NO3S. The number of nitrogens with zero attached hydrogens (tertiary/aromatic N) is 1. The fraction of sp³-hybridized carbons (Fsp3) is 0.778. The Morgan fingerprint density at radius 1 is 1.57 bits per heavy atom. The Morgan fingerprint density at radius 2 is 2.14 bits per heavy atom. The topological polar surface area (TPSA) is 57.6 Å². The Labute approximate surface area is 86.6 Å². The molecular weight excluding hydrogens is 202 g/mol. The van der Waals surface area contributed by atoms with Crippen molar-refractivity contribution >= 4 is 23.6 Å². The van der Waals surface area contributed by atoms with Gasteiger partial charge in [-0.15, -0.1) is 11.8 Å². The number of fused-ring (bicyclic) bond motifs is 1. The summed E-state index contributed by atoms with van der Waals surface area (Å²) in [5, 5.41) is 9.14. The van der Waals surface area contributed by atoms with Crippen LogP contribution in [0.4, 0.5) is 0 Å². The highest BCUT2D eigenvalue weighted by Crippen LogP contribution is 2.52. The SMILES string of the molecule is CC1C(=O)N2C1SC(C)(C)C2C(=O)O. The number of aliphatic carboxylic acids is 1. The van der Waals surface area contributed by atoms with Gasteiger partial charge in [0.2, 0.25) is 5.91 Å². The van der Waals surface area contributed by atoms with Crippen molar-refractivity contribution in [2.75, 3.05) is 0 Å². The first-order chi connectivity index (χ1) is 6.36. The average Bonchev–Trinajstić information content (AvgIpc) is 2.34. The normalized spacial score (nSPS) is 39.2. The van der Waals surface area contributed by atoms with Crippen molar-refractivity contribution in [3.05, 3.63) is 0 Å². The van der Waals surface area contributed by atoms with Crippen molar-refractivity contribution in [2.24, 2.45) is 5.92 Å². The quantitative estimate of drug-likeness (QED) is 0.656. The summed E-state index contributed by atoms with van der Waals surface area (Å²) >= 11 is 1.59. The van der Waals surface area contributed by atoms with Gasteiger partial charge < -0.3 is 10.0 Å². The summed E-state index contributed by atoms with van der Waals surface area (Å²) in [6, 6.07) is -0.666. The highest BCUT2D eigenvalue weighted by Gasteiger charge is 2.62. The third-order valence-electron chi connectivity index (χ3n) is 2.94. The molecule has 2 fully saturated rings. The number of β-lactam (4-membered cyclic amide) rings is 1. The van der Waals surface area contributed by atoms with Gasteiger partial charge in [0.15, 0.2) is 0 Å². The Hall–Kier alpha value is -0.710. The highest BCUT2D eigenvalue weighted by molar-refractivity contribution is 8.01. The summed E-state index contributed by atoms with van der Waals surface area (Å²) in [5.74, 6) is -0.950. The molecule has 0 aromatic carbocycles. The molecule has 3 atom stereocenters. The molecule has 2 heterocycles. The molecule has 2 rings (SSSR count). The van der Waals surface area contributed by atoms with E-state index in [9.17, 15) is 9.59 Å². The van der Waals surface area contributed by atoms with E-state index in [-0.39, 0.29) is 21.9 Å². The van der Waals surface area contributed by atoms with Crippen LogP contribution in [0, 0.1) is 5.92 Å². The van der Waals surface area contributed by atoms with E-state index >= 15 is 0 Å². The first-order valence-electron chi connectivity index (χ1n) is 4.59. The Kier molecular flexibility index (Phi) is 1.86. The molecule has 5 heteroatoms. The smallest absolute Gasteiger partial charge is 0.327 e. The number of hydrogen-bond acceptors (Lipinski definition) is 3. The minimum atomic E-state index is -0.898. The second-order valence-electron chi connectivity index (χ2n) is 4.39. The summed E-state index contributed by atoms with van der Waals surface area (Å²) < 4.78 is -0.378. The Bertz CT molecular complexity index is 315. The van der Waals surface area contributed by atoms with Crippen LogP contribution in [0.1, 0.15) is 20.8 Å². The van der Waals surface area contributed by atoms with Crippen LogP contribution >= 0.6 is 11.8 Å². The molecule has 0 aromatic rings. The van der Waals surface area contributed by atoms with E-state index in [1.165, 1.54) is 4.90 Å². The molecule has 2 saturated heterocycles. The number of carbonyl (C=O) groups is 2. The van der Waals surface area contributed by atoms with Crippen molar-refractivity contribution < 1.29 is 14.7 Å². The van der Waals surface area contributed by atoms with E-state index in [1.807, 2.05) is 20.8 Å². The number of carboxylic acid groups (broad SMARTS) is 1. The Balaban J connectivity index is 2.32. The summed E-state index contributed by atoms with van der Waals surface area (Å²) in [4.78, 5) is 24.1. The first-order valence-corrected chi connectivity index (χ1v) is 5.47. The lowest BCUT2D eigenvalue weighted by atomic mass is 9.93. The molecule has 4 nitrogen and oxygen atoms in total. The van der Waals surface area contributed by atoms with Gasteiger partial charge in [0, 0.05) is 4.75 Å². The van der Waals surface area contributed by atoms with Crippen LogP contribution in [0.3, 0.4) is 0 Å². The predicted molar refractivity (Wildman–Crippen MR) is 52.9 cm³/mol. The first kappa shape index (κ1) is 9.83. The van der Waals surface area contributed by atoms with Crippen LogP contribution in [-0.2, 0) is 9.59 Å². The molecule has 1 amide bonds. The number of hydrogen-bond donors (Lipinski definition) is 1. The molecule has 1 N–H and O–H groups in total. The largest absolute Gasteiger partial charge is 0.480 e. The molecule has 78 valence electrons. The van der Waals surface area contributed by atoms with Gasteiger partial charge in [0.1, 0.15) is 6.04 Å². The van der Waals surface area contributed by atoms with E-state index in [4.69, 9.17) is 5.11 Å². The van der Waals surface area contributed by atoms with Crippen LogP contribution in [0.25, 0.3) is 0 Å².